The highest BCUT2D eigenvalue weighted by Crippen LogP contribution is 2.27. The Kier molecular flexibility index (Phi) is 4.59. The quantitative estimate of drug-likeness (QED) is 0.544. The zero-order valence-electron chi connectivity index (χ0n) is 10.3. The van der Waals surface area contributed by atoms with Gasteiger partial charge in [0.15, 0.2) is 0 Å². The Balaban J connectivity index is 2.49. The van der Waals surface area contributed by atoms with E-state index in [-0.39, 0.29) is 11.6 Å². The molecule has 0 bridgehead atoms. The van der Waals surface area contributed by atoms with Crippen molar-refractivity contribution in [2.75, 3.05) is 6.61 Å². The number of rotatable bonds is 4. The van der Waals surface area contributed by atoms with Gasteiger partial charge >= 0.3 is 5.97 Å². The molecule has 0 aromatic heterocycles. The molecule has 1 aliphatic rings. The summed E-state index contributed by atoms with van der Waals surface area (Å²) in [5.41, 5.74) is 0.625. The van der Waals surface area contributed by atoms with Crippen molar-refractivity contribution in [2.45, 2.75) is 45.6 Å². The lowest BCUT2D eigenvalue weighted by Crippen LogP contribution is -2.37. The van der Waals surface area contributed by atoms with Crippen LogP contribution >= 0.6 is 0 Å². The second-order valence-corrected chi connectivity index (χ2v) is 4.39. The molecule has 0 fully saturated rings. The van der Waals surface area contributed by atoms with Gasteiger partial charge in [0.25, 0.3) is 0 Å². The van der Waals surface area contributed by atoms with E-state index in [4.69, 9.17) is 9.47 Å². The highest BCUT2D eigenvalue weighted by molar-refractivity contribution is 5.82. The predicted molar refractivity (Wildman–Crippen MR) is 62.9 cm³/mol. The van der Waals surface area contributed by atoms with E-state index >= 15 is 0 Å². The minimum absolute atomic E-state index is 0.286. The number of esters is 1. The zero-order chi connectivity index (χ0) is 12.0. The summed E-state index contributed by atoms with van der Waals surface area (Å²) in [6, 6.07) is 0. The number of ether oxygens (including phenoxy) is 2. The Bertz CT molecular complexity index is 300. The Morgan fingerprint density at radius 2 is 2.31 bits per heavy atom. The topological polar surface area (TPSA) is 35.5 Å². The first-order valence-corrected chi connectivity index (χ1v) is 5.72. The van der Waals surface area contributed by atoms with Crippen LogP contribution in [0.5, 0.6) is 0 Å². The lowest BCUT2D eigenvalue weighted by atomic mass is 9.94. The molecule has 90 valence electrons. The molecule has 1 aliphatic heterocycles. The van der Waals surface area contributed by atoms with Crippen molar-refractivity contribution < 1.29 is 14.3 Å². The van der Waals surface area contributed by atoms with Crippen molar-refractivity contribution in [3.05, 3.63) is 24.0 Å². The third kappa shape index (κ3) is 3.72. The van der Waals surface area contributed by atoms with E-state index in [0.29, 0.717) is 6.61 Å². The average Bonchev–Trinajstić information content (AvgIpc) is 2.27. The van der Waals surface area contributed by atoms with Gasteiger partial charge < -0.3 is 9.47 Å². The summed E-state index contributed by atoms with van der Waals surface area (Å²) >= 11 is 0. The summed E-state index contributed by atoms with van der Waals surface area (Å²) in [7, 11) is 0. The van der Waals surface area contributed by atoms with Crippen molar-refractivity contribution in [1.29, 1.82) is 0 Å². The van der Waals surface area contributed by atoms with Gasteiger partial charge in [0.2, 0.25) is 0 Å². The molecule has 3 nitrogen and oxygen atoms in total. The largest absolute Gasteiger partial charge is 0.492 e. The highest BCUT2D eigenvalue weighted by Gasteiger charge is 2.31. The summed E-state index contributed by atoms with van der Waals surface area (Å²) in [4.78, 5) is 11.4. The fraction of sp³-hybridized carbons (Fsp3) is 0.615. The fourth-order valence-corrected chi connectivity index (χ4v) is 1.61. The number of carbonyl (C=O) groups is 1. The van der Waals surface area contributed by atoms with Crippen molar-refractivity contribution in [3.63, 3.8) is 0 Å². The summed E-state index contributed by atoms with van der Waals surface area (Å²) < 4.78 is 10.8. The third-order valence-electron chi connectivity index (χ3n) is 2.71. The number of carbonyl (C=O) groups excluding carboxylic acids is 1. The van der Waals surface area contributed by atoms with Crippen LogP contribution in [-0.4, -0.2) is 18.2 Å². The fourth-order valence-electron chi connectivity index (χ4n) is 1.61. The smallest absolute Gasteiger partial charge is 0.330 e. The molecule has 16 heavy (non-hydrogen) atoms. The minimum atomic E-state index is -0.320. The first-order valence-electron chi connectivity index (χ1n) is 5.72. The Morgan fingerprint density at radius 1 is 1.56 bits per heavy atom. The van der Waals surface area contributed by atoms with Gasteiger partial charge in [0.1, 0.15) is 12.2 Å². The molecule has 0 aromatic carbocycles. The van der Waals surface area contributed by atoms with Crippen molar-refractivity contribution in [2.24, 2.45) is 0 Å². The molecule has 0 N–H and O–H groups in total. The van der Waals surface area contributed by atoms with Crippen molar-refractivity contribution in [3.8, 4) is 0 Å². The molecule has 0 saturated heterocycles. The van der Waals surface area contributed by atoms with Crippen LogP contribution in [0, 0.1) is 0 Å². The van der Waals surface area contributed by atoms with Gasteiger partial charge in [-0.25, -0.2) is 4.79 Å². The molecular formula is C13H20O3. The first kappa shape index (κ1) is 12.8. The van der Waals surface area contributed by atoms with Crippen LogP contribution in [0.3, 0.4) is 0 Å². The Labute approximate surface area is 97.1 Å². The maximum absolute atomic E-state index is 11.4. The second-order valence-electron chi connectivity index (χ2n) is 4.39. The summed E-state index contributed by atoms with van der Waals surface area (Å²) in [6.07, 6.45) is 7.94. The van der Waals surface area contributed by atoms with E-state index in [2.05, 4.69) is 0 Å². The molecule has 1 unspecified atom stereocenters. The van der Waals surface area contributed by atoms with Crippen molar-refractivity contribution >= 4 is 5.97 Å². The van der Waals surface area contributed by atoms with E-state index in [1.807, 2.05) is 26.8 Å². The summed E-state index contributed by atoms with van der Waals surface area (Å²) in [5, 5.41) is 0. The van der Waals surface area contributed by atoms with E-state index in [1.54, 1.807) is 6.26 Å². The van der Waals surface area contributed by atoms with Crippen LogP contribution in [-0.2, 0) is 14.3 Å². The lowest BCUT2D eigenvalue weighted by molar-refractivity contribution is -0.147. The van der Waals surface area contributed by atoms with Crippen LogP contribution in [0.2, 0.25) is 0 Å². The molecule has 0 radical (unpaired) electrons. The number of hydrogen-bond acceptors (Lipinski definition) is 3. The van der Waals surface area contributed by atoms with Gasteiger partial charge in [-0.1, -0.05) is 12.5 Å². The van der Waals surface area contributed by atoms with Crippen LogP contribution in [0.4, 0.5) is 0 Å². The molecule has 1 heterocycles. The van der Waals surface area contributed by atoms with Crippen LogP contribution in [0.15, 0.2) is 24.0 Å². The Hall–Kier alpha value is -1.25. The number of hydrogen-bond donors (Lipinski definition) is 0. The summed E-state index contributed by atoms with van der Waals surface area (Å²) in [6.45, 7) is 6.12. The molecule has 0 spiro atoms. The van der Waals surface area contributed by atoms with Gasteiger partial charge in [0.05, 0.1) is 6.26 Å². The maximum Gasteiger partial charge on any atom is 0.330 e. The first-order chi connectivity index (χ1) is 7.58. The molecular weight excluding hydrogens is 204 g/mol. The van der Waals surface area contributed by atoms with Gasteiger partial charge in [-0.15, -0.1) is 0 Å². The van der Waals surface area contributed by atoms with E-state index in [1.165, 1.54) is 6.08 Å². The third-order valence-corrected chi connectivity index (χ3v) is 2.71. The van der Waals surface area contributed by atoms with Gasteiger partial charge in [0, 0.05) is 6.08 Å². The highest BCUT2D eigenvalue weighted by atomic mass is 16.6. The predicted octanol–water partition coefficient (Wildman–Crippen LogP) is 2.97. The van der Waals surface area contributed by atoms with E-state index < -0.39 is 0 Å². The molecule has 3 heteroatoms. The van der Waals surface area contributed by atoms with Gasteiger partial charge in [-0.2, -0.15) is 0 Å². The van der Waals surface area contributed by atoms with Gasteiger partial charge in [-0.3, -0.25) is 0 Å². The maximum atomic E-state index is 11.4. The molecule has 1 rings (SSSR count). The normalized spacial score (nSPS) is 23.4. The summed E-state index contributed by atoms with van der Waals surface area (Å²) in [5.74, 6) is -0.286. The lowest BCUT2D eigenvalue weighted by Gasteiger charge is -2.33. The molecule has 0 aromatic rings. The average molecular weight is 224 g/mol. The molecule has 1 atom stereocenters. The molecule has 0 saturated carbocycles. The molecule has 0 amide bonds. The van der Waals surface area contributed by atoms with Gasteiger partial charge in [-0.05, 0) is 39.2 Å². The SMILES string of the molecule is CCC1(COC(=O)C=C(C)C)CCC=CO1. The van der Waals surface area contributed by atoms with Crippen LogP contribution < -0.4 is 0 Å². The standard InChI is InChI=1S/C13H20O3/c1-4-13(7-5-6-8-16-13)10-15-12(14)9-11(2)3/h6,8-9H,4-5,7,10H2,1-3H3. The van der Waals surface area contributed by atoms with E-state index in [0.717, 1.165) is 24.8 Å². The van der Waals surface area contributed by atoms with E-state index in [9.17, 15) is 4.79 Å². The zero-order valence-corrected chi connectivity index (χ0v) is 10.3. The number of allylic oxidation sites excluding steroid dienone is 2. The van der Waals surface area contributed by atoms with Crippen LogP contribution in [0.1, 0.15) is 40.0 Å². The second kappa shape index (κ2) is 5.73. The molecule has 0 aliphatic carbocycles. The Morgan fingerprint density at radius 3 is 2.81 bits per heavy atom. The van der Waals surface area contributed by atoms with Crippen molar-refractivity contribution in [1.82, 2.24) is 0 Å². The minimum Gasteiger partial charge on any atom is -0.492 e. The monoisotopic (exact) mass is 224 g/mol. The van der Waals surface area contributed by atoms with Crippen LogP contribution in [0.25, 0.3) is 0 Å².